The van der Waals surface area contributed by atoms with Crippen molar-refractivity contribution in [3.05, 3.63) is 34.9 Å². The standard InChI is InChI=1S/C17H22ClN3O2/c1-10-15(22)21-13(16(23)20(10)3)8-17(2,9-19)14(21)11-4-6-12(18)7-5-11/h4-7,10,13-16,22-23H,8H2,1-3H3/t10?,13-,14-,15?,16?,17+/m0/s1. The normalized spacial score (nSPS) is 41.5. The van der Waals surface area contributed by atoms with E-state index in [9.17, 15) is 15.5 Å². The second-order valence-corrected chi connectivity index (χ2v) is 7.37. The van der Waals surface area contributed by atoms with Crippen molar-refractivity contribution in [3.8, 4) is 6.07 Å². The van der Waals surface area contributed by atoms with Gasteiger partial charge in [-0.3, -0.25) is 9.80 Å². The minimum Gasteiger partial charge on any atom is -0.377 e. The van der Waals surface area contributed by atoms with Gasteiger partial charge >= 0.3 is 0 Å². The number of rotatable bonds is 1. The van der Waals surface area contributed by atoms with E-state index in [-0.39, 0.29) is 18.1 Å². The molecule has 0 spiro atoms. The third kappa shape index (κ3) is 2.46. The van der Waals surface area contributed by atoms with Gasteiger partial charge in [-0.2, -0.15) is 5.26 Å². The SMILES string of the molecule is CC1C(O)N2[C@@H](c3ccc(Cl)cc3)[C@@](C)(C#N)C[C@H]2C(O)N1C. The number of halogens is 1. The third-order valence-corrected chi connectivity index (χ3v) is 5.75. The Bertz CT molecular complexity index is 632. The van der Waals surface area contributed by atoms with Crippen LogP contribution in [-0.4, -0.2) is 51.6 Å². The summed E-state index contributed by atoms with van der Waals surface area (Å²) < 4.78 is 0. The maximum Gasteiger partial charge on any atom is 0.123 e. The van der Waals surface area contributed by atoms with Gasteiger partial charge in [-0.1, -0.05) is 23.7 Å². The fraction of sp³-hybridized carbons (Fsp3) is 0.588. The molecule has 0 aliphatic carbocycles. The van der Waals surface area contributed by atoms with Gasteiger partial charge in [0.25, 0.3) is 0 Å². The first-order valence-corrected chi connectivity index (χ1v) is 8.20. The minimum atomic E-state index is -0.746. The van der Waals surface area contributed by atoms with Crippen molar-refractivity contribution in [2.75, 3.05) is 7.05 Å². The molecule has 0 bridgehead atoms. The maximum atomic E-state index is 10.8. The second kappa shape index (κ2) is 5.73. The molecule has 0 aromatic heterocycles. The van der Waals surface area contributed by atoms with Crippen molar-refractivity contribution in [1.29, 1.82) is 5.26 Å². The Hall–Kier alpha value is -1.16. The lowest BCUT2D eigenvalue weighted by Crippen LogP contribution is -2.65. The molecular formula is C17H22ClN3O2. The highest BCUT2D eigenvalue weighted by Crippen LogP contribution is 2.53. The summed E-state index contributed by atoms with van der Waals surface area (Å²) in [5.74, 6) is 0. The summed E-state index contributed by atoms with van der Waals surface area (Å²) in [5, 5.41) is 31.8. The molecule has 3 unspecified atom stereocenters. The molecule has 6 atom stereocenters. The lowest BCUT2D eigenvalue weighted by atomic mass is 9.79. The Morgan fingerprint density at radius 2 is 1.87 bits per heavy atom. The lowest BCUT2D eigenvalue weighted by Gasteiger charge is -2.49. The van der Waals surface area contributed by atoms with Crippen LogP contribution in [0.15, 0.2) is 24.3 Å². The van der Waals surface area contributed by atoms with Crippen molar-refractivity contribution < 1.29 is 10.2 Å². The summed E-state index contributed by atoms with van der Waals surface area (Å²) in [7, 11) is 1.80. The molecule has 2 aliphatic rings. The first kappa shape index (κ1) is 16.7. The van der Waals surface area contributed by atoms with Crippen LogP contribution in [0.1, 0.15) is 31.9 Å². The molecule has 2 fully saturated rings. The number of hydrogen-bond acceptors (Lipinski definition) is 5. The van der Waals surface area contributed by atoms with Gasteiger partial charge in [-0.15, -0.1) is 0 Å². The number of aliphatic hydroxyl groups excluding tert-OH is 2. The molecule has 2 N–H and O–H groups in total. The predicted molar refractivity (Wildman–Crippen MR) is 87.4 cm³/mol. The summed E-state index contributed by atoms with van der Waals surface area (Å²) >= 11 is 5.98. The number of hydrogen-bond donors (Lipinski definition) is 2. The molecule has 2 aliphatic heterocycles. The molecule has 0 saturated carbocycles. The van der Waals surface area contributed by atoms with E-state index >= 15 is 0 Å². The molecule has 6 heteroatoms. The summed E-state index contributed by atoms with van der Waals surface area (Å²) in [6, 6.07) is 9.01. The summed E-state index contributed by atoms with van der Waals surface area (Å²) in [6.45, 7) is 3.78. The first-order valence-electron chi connectivity index (χ1n) is 7.82. The Morgan fingerprint density at radius 1 is 1.26 bits per heavy atom. The number of nitrogens with zero attached hydrogens (tertiary/aromatic N) is 3. The van der Waals surface area contributed by atoms with Crippen LogP contribution in [0.2, 0.25) is 5.02 Å². The smallest absolute Gasteiger partial charge is 0.123 e. The van der Waals surface area contributed by atoms with Gasteiger partial charge in [0.1, 0.15) is 12.5 Å². The zero-order chi connectivity index (χ0) is 16.9. The Balaban J connectivity index is 2.08. The highest BCUT2D eigenvalue weighted by Gasteiger charge is 2.58. The van der Waals surface area contributed by atoms with Crippen LogP contribution in [0, 0.1) is 16.7 Å². The Labute approximate surface area is 141 Å². The molecule has 0 amide bonds. The number of fused-ring (bicyclic) bond motifs is 1. The fourth-order valence-corrected chi connectivity index (χ4v) is 4.17. The van der Waals surface area contributed by atoms with Gasteiger partial charge in [0.2, 0.25) is 0 Å². The summed E-state index contributed by atoms with van der Waals surface area (Å²) in [4.78, 5) is 3.68. The van der Waals surface area contributed by atoms with E-state index < -0.39 is 17.9 Å². The fourth-order valence-electron chi connectivity index (χ4n) is 4.04. The number of aliphatic hydroxyl groups is 2. The monoisotopic (exact) mass is 335 g/mol. The van der Waals surface area contributed by atoms with Gasteiger partial charge in [-0.25, -0.2) is 0 Å². The number of benzene rings is 1. The van der Waals surface area contributed by atoms with Crippen molar-refractivity contribution >= 4 is 11.6 Å². The van der Waals surface area contributed by atoms with Gasteiger partial charge in [-0.05, 0) is 45.0 Å². The van der Waals surface area contributed by atoms with Crippen molar-refractivity contribution in [2.45, 2.75) is 50.8 Å². The molecule has 1 aromatic rings. The molecule has 23 heavy (non-hydrogen) atoms. The quantitative estimate of drug-likeness (QED) is 0.821. The van der Waals surface area contributed by atoms with Crippen LogP contribution in [0.25, 0.3) is 0 Å². The molecule has 1 aromatic carbocycles. The van der Waals surface area contributed by atoms with Crippen LogP contribution in [0.3, 0.4) is 0 Å². The van der Waals surface area contributed by atoms with E-state index in [0.717, 1.165) is 5.56 Å². The van der Waals surface area contributed by atoms with E-state index in [4.69, 9.17) is 11.6 Å². The molecule has 124 valence electrons. The highest BCUT2D eigenvalue weighted by atomic mass is 35.5. The topological polar surface area (TPSA) is 70.7 Å². The van der Waals surface area contributed by atoms with Gasteiger partial charge in [0.05, 0.1) is 23.6 Å². The maximum absolute atomic E-state index is 10.8. The summed E-state index contributed by atoms with van der Waals surface area (Å²) in [5.41, 5.74) is 0.245. The number of piperazine rings is 1. The molecule has 0 radical (unpaired) electrons. The zero-order valence-corrected chi connectivity index (χ0v) is 14.3. The van der Waals surface area contributed by atoms with Crippen LogP contribution in [0.4, 0.5) is 0 Å². The number of nitriles is 1. The molecule has 2 heterocycles. The van der Waals surface area contributed by atoms with Crippen molar-refractivity contribution in [3.63, 3.8) is 0 Å². The largest absolute Gasteiger partial charge is 0.377 e. The lowest BCUT2D eigenvalue weighted by molar-refractivity contribution is -0.189. The van der Waals surface area contributed by atoms with Crippen molar-refractivity contribution in [1.82, 2.24) is 9.80 Å². The van der Waals surface area contributed by atoms with Crippen LogP contribution in [0.5, 0.6) is 0 Å². The molecule has 5 nitrogen and oxygen atoms in total. The number of likely N-dealkylation sites (N-methyl/N-ethyl adjacent to an activating group) is 1. The average Bonchev–Trinajstić information content (AvgIpc) is 2.86. The molecule has 3 rings (SSSR count). The minimum absolute atomic E-state index is 0.225. The summed E-state index contributed by atoms with van der Waals surface area (Å²) in [6.07, 6.45) is -0.950. The predicted octanol–water partition coefficient (Wildman–Crippen LogP) is 1.96. The van der Waals surface area contributed by atoms with Gasteiger partial charge in [0, 0.05) is 11.1 Å². The highest BCUT2D eigenvalue weighted by molar-refractivity contribution is 6.30. The molecule has 2 saturated heterocycles. The first-order chi connectivity index (χ1) is 10.8. The van der Waals surface area contributed by atoms with E-state index in [1.54, 1.807) is 24.1 Å². The van der Waals surface area contributed by atoms with E-state index in [0.29, 0.717) is 11.4 Å². The van der Waals surface area contributed by atoms with Crippen LogP contribution in [-0.2, 0) is 0 Å². The van der Waals surface area contributed by atoms with E-state index in [2.05, 4.69) is 6.07 Å². The second-order valence-electron chi connectivity index (χ2n) is 6.94. The van der Waals surface area contributed by atoms with Gasteiger partial charge < -0.3 is 10.2 Å². The zero-order valence-electron chi connectivity index (χ0n) is 13.5. The van der Waals surface area contributed by atoms with Gasteiger partial charge in [0.15, 0.2) is 0 Å². The Kier molecular flexibility index (Phi) is 4.16. The van der Waals surface area contributed by atoms with E-state index in [1.807, 2.05) is 30.9 Å². The van der Waals surface area contributed by atoms with E-state index in [1.165, 1.54) is 0 Å². The Morgan fingerprint density at radius 3 is 2.43 bits per heavy atom. The van der Waals surface area contributed by atoms with Crippen molar-refractivity contribution in [2.24, 2.45) is 5.41 Å². The van der Waals surface area contributed by atoms with Crippen LogP contribution >= 0.6 is 11.6 Å². The molecular weight excluding hydrogens is 314 g/mol. The average molecular weight is 336 g/mol. The van der Waals surface area contributed by atoms with Crippen LogP contribution < -0.4 is 0 Å². The third-order valence-electron chi connectivity index (χ3n) is 5.50.